The quantitative estimate of drug-likeness (QED) is 0.728. The molecule has 1 aliphatic heterocycles. The third-order valence-electron chi connectivity index (χ3n) is 4.00. The molecular formula is C14H24N2O2. The highest BCUT2D eigenvalue weighted by molar-refractivity contribution is 6.08. The predicted molar refractivity (Wildman–Crippen MR) is 71.7 cm³/mol. The van der Waals surface area contributed by atoms with Gasteiger partial charge in [-0.1, -0.05) is 26.2 Å². The van der Waals surface area contributed by atoms with Crippen LogP contribution in [-0.4, -0.2) is 42.4 Å². The van der Waals surface area contributed by atoms with Crippen LogP contribution < -0.4 is 0 Å². The molecule has 0 aromatic heterocycles. The van der Waals surface area contributed by atoms with Gasteiger partial charge in [-0.2, -0.15) is 0 Å². The summed E-state index contributed by atoms with van der Waals surface area (Å²) in [5.74, 6) is 1.23. The van der Waals surface area contributed by atoms with E-state index in [4.69, 9.17) is 9.73 Å². The molecule has 0 unspecified atom stereocenters. The number of unbranched alkanes of at least 4 members (excludes halogenated alkanes) is 1. The second kappa shape index (κ2) is 5.83. The van der Waals surface area contributed by atoms with Gasteiger partial charge in [-0.3, -0.25) is 14.7 Å². The molecule has 1 spiro atoms. The molecular weight excluding hydrogens is 228 g/mol. The average molecular weight is 252 g/mol. The number of carbonyl (C=O) groups excluding carboxylic acids is 1. The summed E-state index contributed by atoms with van der Waals surface area (Å²) in [4.78, 5) is 19.3. The summed E-state index contributed by atoms with van der Waals surface area (Å²) in [6.07, 6.45) is 7.30. The van der Waals surface area contributed by atoms with Crippen LogP contribution in [-0.2, 0) is 9.53 Å². The lowest BCUT2D eigenvalue weighted by molar-refractivity contribution is -0.131. The van der Waals surface area contributed by atoms with Crippen LogP contribution in [0.15, 0.2) is 4.99 Å². The van der Waals surface area contributed by atoms with Gasteiger partial charge in [-0.05, 0) is 19.3 Å². The van der Waals surface area contributed by atoms with Crippen LogP contribution in [0.4, 0.5) is 0 Å². The van der Waals surface area contributed by atoms with Gasteiger partial charge in [0.05, 0.1) is 13.2 Å². The van der Waals surface area contributed by atoms with Gasteiger partial charge in [0.2, 0.25) is 0 Å². The minimum Gasteiger partial charge on any atom is -0.383 e. The lowest BCUT2D eigenvalue weighted by atomic mass is 9.98. The largest absolute Gasteiger partial charge is 0.383 e. The van der Waals surface area contributed by atoms with Crippen LogP contribution in [0.1, 0.15) is 51.9 Å². The summed E-state index contributed by atoms with van der Waals surface area (Å²) in [6.45, 7) is 3.41. The molecule has 0 bridgehead atoms. The molecule has 2 aliphatic rings. The van der Waals surface area contributed by atoms with Crippen molar-refractivity contribution in [3.63, 3.8) is 0 Å². The van der Waals surface area contributed by atoms with Crippen LogP contribution in [0.2, 0.25) is 0 Å². The number of hydrogen-bond donors (Lipinski definition) is 0. The van der Waals surface area contributed by atoms with E-state index in [2.05, 4.69) is 6.92 Å². The second-order valence-corrected chi connectivity index (χ2v) is 5.32. The Bertz CT molecular complexity index is 333. The molecule has 0 saturated heterocycles. The Morgan fingerprint density at radius 3 is 2.72 bits per heavy atom. The van der Waals surface area contributed by atoms with E-state index in [1.165, 1.54) is 0 Å². The average Bonchev–Trinajstić information content (AvgIpc) is 2.94. The van der Waals surface area contributed by atoms with Crippen molar-refractivity contribution in [3.05, 3.63) is 0 Å². The fraction of sp³-hybridized carbons (Fsp3) is 0.857. The Balaban J connectivity index is 2.12. The maximum absolute atomic E-state index is 12.6. The zero-order valence-corrected chi connectivity index (χ0v) is 11.6. The van der Waals surface area contributed by atoms with Crippen molar-refractivity contribution < 1.29 is 9.53 Å². The molecule has 1 saturated carbocycles. The molecule has 102 valence electrons. The maximum atomic E-state index is 12.6. The standard InChI is InChI=1S/C14H24N2O2/c1-3-4-7-12-15-14(8-5-6-9-14)13(17)16(12)10-11-18-2/h3-11H2,1-2H3. The van der Waals surface area contributed by atoms with E-state index in [1.54, 1.807) is 7.11 Å². The third-order valence-corrected chi connectivity index (χ3v) is 4.00. The molecule has 0 radical (unpaired) electrons. The normalized spacial score (nSPS) is 22.0. The summed E-state index contributed by atoms with van der Waals surface area (Å²) in [6, 6.07) is 0. The molecule has 1 fully saturated rings. The summed E-state index contributed by atoms with van der Waals surface area (Å²) in [5, 5.41) is 0. The van der Waals surface area contributed by atoms with Crippen molar-refractivity contribution in [2.75, 3.05) is 20.3 Å². The van der Waals surface area contributed by atoms with Crippen LogP contribution in [0, 0.1) is 0 Å². The van der Waals surface area contributed by atoms with Gasteiger partial charge < -0.3 is 4.74 Å². The molecule has 0 aromatic carbocycles. The zero-order valence-electron chi connectivity index (χ0n) is 11.6. The summed E-state index contributed by atoms with van der Waals surface area (Å²) < 4.78 is 5.11. The number of carbonyl (C=O) groups is 1. The first kappa shape index (κ1) is 13.5. The van der Waals surface area contributed by atoms with Crippen LogP contribution in [0.3, 0.4) is 0 Å². The van der Waals surface area contributed by atoms with Gasteiger partial charge in [0.25, 0.3) is 5.91 Å². The number of ether oxygens (including phenoxy) is 1. The molecule has 4 nitrogen and oxygen atoms in total. The minimum absolute atomic E-state index is 0.225. The molecule has 1 aliphatic carbocycles. The van der Waals surface area contributed by atoms with Crippen molar-refractivity contribution in [1.82, 2.24) is 4.90 Å². The molecule has 0 atom stereocenters. The highest BCUT2D eigenvalue weighted by atomic mass is 16.5. The molecule has 18 heavy (non-hydrogen) atoms. The molecule has 4 heteroatoms. The van der Waals surface area contributed by atoms with Crippen LogP contribution in [0.25, 0.3) is 0 Å². The van der Waals surface area contributed by atoms with Crippen molar-refractivity contribution >= 4 is 11.7 Å². The highest BCUT2D eigenvalue weighted by Crippen LogP contribution is 2.39. The van der Waals surface area contributed by atoms with Gasteiger partial charge >= 0.3 is 0 Å². The first-order valence-corrected chi connectivity index (χ1v) is 7.13. The second-order valence-electron chi connectivity index (χ2n) is 5.32. The highest BCUT2D eigenvalue weighted by Gasteiger charge is 2.49. The fourth-order valence-electron chi connectivity index (χ4n) is 2.95. The summed E-state index contributed by atoms with van der Waals surface area (Å²) >= 11 is 0. The van der Waals surface area contributed by atoms with Crippen molar-refractivity contribution in [2.24, 2.45) is 4.99 Å². The molecule has 0 aromatic rings. The number of amides is 1. The zero-order chi connectivity index (χ0) is 13.0. The van der Waals surface area contributed by atoms with Gasteiger partial charge in [0.15, 0.2) is 0 Å². The van der Waals surface area contributed by atoms with Gasteiger partial charge in [0, 0.05) is 13.5 Å². The Kier molecular flexibility index (Phi) is 4.38. The van der Waals surface area contributed by atoms with Gasteiger partial charge in [0.1, 0.15) is 11.4 Å². The van der Waals surface area contributed by atoms with Crippen molar-refractivity contribution in [2.45, 2.75) is 57.4 Å². The minimum atomic E-state index is -0.392. The predicted octanol–water partition coefficient (Wildman–Crippen LogP) is 2.38. The van der Waals surface area contributed by atoms with E-state index in [9.17, 15) is 4.79 Å². The summed E-state index contributed by atoms with van der Waals surface area (Å²) in [7, 11) is 1.68. The topological polar surface area (TPSA) is 41.9 Å². The smallest absolute Gasteiger partial charge is 0.255 e. The fourth-order valence-corrected chi connectivity index (χ4v) is 2.95. The third kappa shape index (κ3) is 2.44. The van der Waals surface area contributed by atoms with E-state index in [1.807, 2.05) is 4.90 Å². The molecule has 2 rings (SSSR count). The number of rotatable bonds is 6. The van der Waals surface area contributed by atoms with E-state index >= 15 is 0 Å². The van der Waals surface area contributed by atoms with Crippen molar-refractivity contribution in [1.29, 1.82) is 0 Å². The molecule has 1 heterocycles. The lowest BCUT2D eigenvalue weighted by Gasteiger charge is -2.22. The number of methoxy groups -OCH3 is 1. The Morgan fingerprint density at radius 1 is 1.39 bits per heavy atom. The molecule has 1 amide bonds. The van der Waals surface area contributed by atoms with E-state index in [0.717, 1.165) is 50.8 Å². The number of hydrogen-bond acceptors (Lipinski definition) is 3. The van der Waals surface area contributed by atoms with E-state index < -0.39 is 5.54 Å². The van der Waals surface area contributed by atoms with Crippen LogP contribution >= 0.6 is 0 Å². The summed E-state index contributed by atoms with van der Waals surface area (Å²) in [5.41, 5.74) is -0.392. The Morgan fingerprint density at radius 2 is 2.11 bits per heavy atom. The Labute approximate surface area is 109 Å². The number of nitrogens with zero attached hydrogens (tertiary/aromatic N) is 2. The van der Waals surface area contributed by atoms with E-state index in [0.29, 0.717) is 13.2 Å². The monoisotopic (exact) mass is 252 g/mol. The number of aliphatic imine (C=N–C) groups is 1. The van der Waals surface area contributed by atoms with Gasteiger partial charge in [-0.25, -0.2) is 0 Å². The molecule has 0 N–H and O–H groups in total. The van der Waals surface area contributed by atoms with Crippen LogP contribution in [0.5, 0.6) is 0 Å². The lowest BCUT2D eigenvalue weighted by Crippen LogP contribution is -2.42. The first-order valence-electron chi connectivity index (χ1n) is 7.13. The van der Waals surface area contributed by atoms with E-state index in [-0.39, 0.29) is 5.91 Å². The SMILES string of the molecule is CCCCC1=NC2(CCCC2)C(=O)N1CCOC. The van der Waals surface area contributed by atoms with Crippen molar-refractivity contribution in [3.8, 4) is 0 Å². The Hall–Kier alpha value is -0.900. The number of amidine groups is 1. The van der Waals surface area contributed by atoms with Gasteiger partial charge in [-0.15, -0.1) is 0 Å². The first-order chi connectivity index (χ1) is 8.73. The maximum Gasteiger partial charge on any atom is 0.255 e.